The summed E-state index contributed by atoms with van der Waals surface area (Å²) in [6.07, 6.45) is 9.14. The fourth-order valence-corrected chi connectivity index (χ4v) is 6.73. The van der Waals surface area contributed by atoms with Crippen LogP contribution in [0.3, 0.4) is 0 Å². The highest BCUT2D eigenvalue weighted by molar-refractivity contribution is 5.18. The van der Waals surface area contributed by atoms with Crippen molar-refractivity contribution in [3.8, 4) is 0 Å². The van der Waals surface area contributed by atoms with Crippen molar-refractivity contribution in [3.63, 3.8) is 0 Å². The van der Waals surface area contributed by atoms with Crippen molar-refractivity contribution in [2.45, 2.75) is 70.7 Å². The van der Waals surface area contributed by atoms with E-state index in [0.717, 1.165) is 38.5 Å². The molecule has 9 atom stereocenters. The van der Waals surface area contributed by atoms with Gasteiger partial charge in [-0.25, -0.2) is 0 Å². The molecule has 3 saturated carbocycles. The Morgan fingerprint density at radius 3 is 2.50 bits per heavy atom. The lowest BCUT2D eigenvalue weighted by atomic mass is 9.45. The van der Waals surface area contributed by atoms with Gasteiger partial charge in [-0.3, -0.25) is 0 Å². The Labute approximate surface area is 133 Å². The van der Waals surface area contributed by atoms with Crippen LogP contribution in [0.2, 0.25) is 0 Å². The number of aliphatic hydroxyl groups is 3. The molecule has 0 aromatic heterocycles. The summed E-state index contributed by atoms with van der Waals surface area (Å²) in [7, 11) is 0. The molecule has 3 fully saturated rings. The summed E-state index contributed by atoms with van der Waals surface area (Å²) in [5.41, 5.74) is 0.112. The predicted octanol–water partition coefficient (Wildman–Crippen LogP) is 2.50. The van der Waals surface area contributed by atoms with Crippen LogP contribution < -0.4 is 0 Å². The topological polar surface area (TPSA) is 60.7 Å². The standard InChI is InChI=1S/C19H30O3/c1-18-7-5-12(20)9-11(18)10-15(21)17-13-3-4-16(22)19(13,2)8-6-14(17)18/h5,7,11-17,20-22H,3-4,6,8-10H2,1-2H3/t11-,12-,13-,14-,15-,16-,17-,18-,19-/m0/s1. The lowest BCUT2D eigenvalue weighted by Gasteiger charge is -2.60. The third-order valence-corrected chi connectivity index (χ3v) is 8.14. The van der Waals surface area contributed by atoms with E-state index < -0.39 is 0 Å². The Bertz CT molecular complexity index is 489. The maximum Gasteiger partial charge on any atom is 0.0724 e. The summed E-state index contributed by atoms with van der Waals surface area (Å²) < 4.78 is 0. The van der Waals surface area contributed by atoms with E-state index >= 15 is 0 Å². The normalized spacial score (nSPS) is 60.5. The number of rotatable bonds is 0. The fraction of sp³-hybridized carbons (Fsp3) is 0.895. The van der Waals surface area contributed by atoms with Crippen LogP contribution in [0.1, 0.15) is 52.4 Å². The molecule has 0 bridgehead atoms. The smallest absolute Gasteiger partial charge is 0.0724 e. The Balaban J connectivity index is 1.71. The zero-order valence-electron chi connectivity index (χ0n) is 13.8. The average molecular weight is 306 g/mol. The number of aliphatic hydroxyl groups excluding tert-OH is 3. The monoisotopic (exact) mass is 306 g/mol. The lowest BCUT2D eigenvalue weighted by molar-refractivity contribution is -0.150. The van der Waals surface area contributed by atoms with Crippen LogP contribution in [0.15, 0.2) is 12.2 Å². The van der Waals surface area contributed by atoms with Gasteiger partial charge in [0.15, 0.2) is 0 Å². The van der Waals surface area contributed by atoms with Crippen LogP contribution in [0.25, 0.3) is 0 Å². The molecule has 0 unspecified atom stereocenters. The van der Waals surface area contributed by atoms with Crippen molar-refractivity contribution in [2.24, 2.45) is 34.5 Å². The van der Waals surface area contributed by atoms with Gasteiger partial charge in [0, 0.05) is 0 Å². The molecule has 4 aliphatic rings. The van der Waals surface area contributed by atoms with E-state index in [2.05, 4.69) is 19.9 Å². The molecule has 0 radical (unpaired) electrons. The molecular weight excluding hydrogens is 276 g/mol. The lowest BCUT2D eigenvalue weighted by Crippen LogP contribution is -2.57. The van der Waals surface area contributed by atoms with Crippen LogP contribution >= 0.6 is 0 Å². The van der Waals surface area contributed by atoms with Crippen LogP contribution in [-0.4, -0.2) is 33.6 Å². The first kappa shape index (κ1) is 15.2. The van der Waals surface area contributed by atoms with Gasteiger partial charge in [-0.05, 0) is 73.0 Å². The molecule has 4 aliphatic carbocycles. The maximum absolute atomic E-state index is 10.9. The van der Waals surface area contributed by atoms with Crippen molar-refractivity contribution in [1.29, 1.82) is 0 Å². The second-order valence-corrected chi connectivity index (χ2v) is 8.96. The summed E-state index contributed by atoms with van der Waals surface area (Å²) in [5, 5.41) is 31.3. The van der Waals surface area contributed by atoms with Crippen LogP contribution in [0.4, 0.5) is 0 Å². The molecule has 0 amide bonds. The third kappa shape index (κ3) is 1.85. The molecule has 3 N–H and O–H groups in total. The molecule has 0 aliphatic heterocycles. The highest BCUT2D eigenvalue weighted by Crippen LogP contribution is 2.65. The molecule has 0 saturated heterocycles. The first-order valence-corrected chi connectivity index (χ1v) is 9.10. The Morgan fingerprint density at radius 1 is 0.955 bits per heavy atom. The zero-order chi connectivity index (χ0) is 15.7. The van der Waals surface area contributed by atoms with Crippen LogP contribution in [0, 0.1) is 34.5 Å². The number of hydrogen-bond donors (Lipinski definition) is 3. The van der Waals surface area contributed by atoms with Gasteiger partial charge in [-0.1, -0.05) is 26.0 Å². The van der Waals surface area contributed by atoms with Crippen molar-refractivity contribution in [2.75, 3.05) is 0 Å². The molecule has 0 aromatic carbocycles. The first-order valence-electron chi connectivity index (χ1n) is 9.10. The molecule has 3 nitrogen and oxygen atoms in total. The minimum Gasteiger partial charge on any atom is -0.393 e. The summed E-state index contributed by atoms with van der Waals surface area (Å²) in [6, 6.07) is 0. The molecular formula is C19H30O3. The minimum absolute atomic E-state index is 0.00321. The molecule has 0 heterocycles. The van der Waals surface area contributed by atoms with Gasteiger partial charge >= 0.3 is 0 Å². The van der Waals surface area contributed by atoms with E-state index in [1.54, 1.807) is 0 Å². The van der Waals surface area contributed by atoms with E-state index in [9.17, 15) is 15.3 Å². The number of fused-ring (bicyclic) bond motifs is 5. The predicted molar refractivity (Wildman–Crippen MR) is 85.0 cm³/mol. The fourth-order valence-electron chi connectivity index (χ4n) is 6.73. The van der Waals surface area contributed by atoms with E-state index in [-0.39, 0.29) is 29.1 Å². The molecule has 3 heteroatoms. The van der Waals surface area contributed by atoms with Gasteiger partial charge in [0.05, 0.1) is 18.3 Å². The number of hydrogen-bond acceptors (Lipinski definition) is 3. The second kappa shape index (κ2) is 4.81. The highest BCUT2D eigenvalue weighted by Gasteiger charge is 2.61. The molecule has 0 spiro atoms. The van der Waals surface area contributed by atoms with E-state index in [4.69, 9.17) is 0 Å². The van der Waals surface area contributed by atoms with Crippen molar-refractivity contribution >= 4 is 0 Å². The van der Waals surface area contributed by atoms with Gasteiger partial charge in [-0.2, -0.15) is 0 Å². The average Bonchev–Trinajstić information content (AvgIpc) is 2.77. The summed E-state index contributed by atoms with van der Waals surface area (Å²) in [4.78, 5) is 0. The zero-order valence-corrected chi connectivity index (χ0v) is 13.8. The molecule has 0 aromatic rings. The first-order chi connectivity index (χ1) is 10.4. The molecule has 4 rings (SSSR count). The SMILES string of the molecule is C[C@]12C=C[C@H](O)C[C@H]1C[C@H](O)[C@@H]1[C@@H]2CC[C@]2(C)[C@@H](O)CC[C@@H]12. The van der Waals surface area contributed by atoms with E-state index in [0.29, 0.717) is 23.7 Å². The van der Waals surface area contributed by atoms with E-state index in [1.165, 1.54) is 0 Å². The van der Waals surface area contributed by atoms with Crippen molar-refractivity contribution in [1.82, 2.24) is 0 Å². The van der Waals surface area contributed by atoms with Gasteiger partial charge in [0.25, 0.3) is 0 Å². The van der Waals surface area contributed by atoms with Crippen molar-refractivity contribution < 1.29 is 15.3 Å². The van der Waals surface area contributed by atoms with Gasteiger partial charge < -0.3 is 15.3 Å². The molecule has 124 valence electrons. The Hall–Kier alpha value is -0.380. The van der Waals surface area contributed by atoms with E-state index in [1.807, 2.05) is 6.08 Å². The van der Waals surface area contributed by atoms with Gasteiger partial charge in [0.2, 0.25) is 0 Å². The summed E-state index contributed by atoms with van der Waals surface area (Å²) in [5.74, 6) is 1.65. The van der Waals surface area contributed by atoms with Crippen LogP contribution in [0.5, 0.6) is 0 Å². The van der Waals surface area contributed by atoms with Gasteiger partial charge in [-0.15, -0.1) is 0 Å². The quantitative estimate of drug-likeness (QED) is 0.603. The Kier molecular flexibility index (Phi) is 3.32. The largest absolute Gasteiger partial charge is 0.393 e. The highest BCUT2D eigenvalue weighted by atomic mass is 16.3. The molecule has 22 heavy (non-hydrogen) atoms. The van der Waals surface area contributed by atoms with Crippen LogP contribution in [-0.2, 0) is 0 Å². The summed E-state index contributed by atoms with van der Waals surface area (Å²) in [6.45, 7) is 4.59. The number of allylic oxidation sites excluding steroid dienone is 1. The second-order valence-electron chi connectivity index (χ2n) is 8.96. The van der Waals surface area contributed by atoms with Gasteiger partial charge in [0.1, 0.15) is 0 Å². The maximum atomic E-state index is 10.9. The minimum atomic E-state index is -0.344. The van der Waals surface area contributed by atoms with Crippen molar-refractivity contribution in [3.05, 3.63) is 12.2 Å². The summed E-state index contributed by atoms with van der Waals surface area (Å²) >= 11 is 0. The third-order valence-electron chi connectivity index (χ3n) is 8.14. The Morgan fingerprint density at radius 2 is 1.73 bits per heavy atom.